The number of carbonyl (C=O) groups is 3. The second kappa shape index (κ2) is 9.17. The highest BCUT2D eigenvalue weighted by molar-refractivity contribution is 6.30. The van der Waals surface area contributed by atoms with Crippen LogP contribution < -0.4 is 4.90 Å². The molecule has 2 fully saturated rings. The molecule has 0 saturated carbocycles. The highest BCUT2D eigenvalue weighted by atomic mass is 35.5. The van der Waals surface area contributed by atoms with Crippen molar-refractivity contribution in [2.45, 2.75) is 37.0 Å². The Labute approximate surface area is 202 Å². The summed E-state index contributed by atoms with van der Waals surface area (Å²) in [6.07, 6.45) is 8.45. The van der Waals surface area contributed by atoms with E-state index in [1.165, 1.54) is 4.90 Å². The van der Waals surface area contributed by atoms with Crippen LogP contribution in [0.5, 0.6) is 0 Å². The van der Waals surface area contributed by atoms with E-state index in [1.807, 2.05) is 18.2 Å². The summed E-state index contributed by atoms with van der Waals surface area (Å²) in [4.78, 5) is 44.0. The zero-order valence-corrected chi connectivity index (χ0v) is 19.4. The Balaban J connectivity index is 1.60. The molecule has 1 spiro atoms. The summed E-state index contributed by atoms with van der Waals surface area (Å²) < 4.78 is 12.0. The van der Waals surface area contributed by atoms with Crippen LogP contribution in [-0.4, -0.2) is 71.8 Å². The lowest BCUT2D eigenvalue weighted by Crippen LogP contribution is -2.55. The number of nitrogens with zero attached hydrogens (tertiary/aromatic N) is 2. The van der Waals surface area contributed by atoms with Crippen molar-refractivity contribution in [2.24, 2.45) is 11.8 Å². The zero-order chi connectivity index (χ0) is 23.9. The van der Waals surface area contributed by atoms with Crippen LogP contribution >= 0.6 is 11.6 Å². The van der Waals surface area contributed by atoms with Crippen LogP contribution in [0, 0.1) is 11.8 Å². The SMILES string of the molecule is O=C1OCCC/C=C\[C@@H]2O[C@]34C=CCN(c5ccc(Cl)cc5)C(=O)C3N(CCCO)C(=O)[C@@H]4[C@H]12. The van der Waals surface area contributed by atoms with Gasteiger partial charge in [-0.3, -0.25) is 14.4 Å². The van der Waals surface area contributed by atoms with Crippen molar-refractivity contribution in [3.63, 3.8) is 0 Å². The van der Waals surface area contributed by atoms with Gasteiger partial charge in [-0.1, -0.05) is 35.9 Å². The lowest BCUT2D eigenvalue weighted by molar-refractivity contribution is -0.154. The first-order chi connectivity index (χ1) is 16.5. The Bertz CT molecular complexity index is 1040. The lowest BCUT2D eigenvalue weighted by Gasteiger charge is -2.35. The van der Waals surface area contributed by atoms with Gasteiger partial charge in [-0.25, -0.2) is 0 Å². The number of aliphatic hydroxyl groups is 1. The molecule has 8 nitrogen and oxygen atoms in total. The van der Waals surface area contributed by atoms with Gasteiger partial charge in [0, 0.05) is 30.4 Å². The Morgan fingerprint density at radius 2 is 1.91 bits per heavy atom. The number of ether oxygens (including phenoxy) is 2. The van der Waals surface area contributed by atoms with Gasteiger partial charge >= 0.3 is 5.97 Å². The van der Waals surface area contributed by atoms with Gasteiger partial charge in [0.25, 0.3) is 5.91 Å². The van der Waals surface area contributed by atoms with Gasteiger partial charge in [0.1, 0.15) is 17.6 Å². The molecule has 4 heterocycles. The number of hydrogen-bond donors (Lipinski definition) is 1. The molecule has 0 aliphatic carbocycles. The minimum Gasteiger partial charge on any atom is -0.465 e. The number of cyclic esters (lactones) is 1. The summed E-state index contributed by atoms with van der Waals surface area (Å²) in [5, 5.41) is 9.99. The fourth-order valence-electron chi connectivity index (χ4n) is 5.59. The number of hydrogen-bond acceptors (Lipinski definition) is 6. The van der Waals surface area contributed by atoms with Gasteiger partial charge in [0.2, 0.25) is 5.91 Å². The standard InChI is InChI=1S/C25H27ClN2O6/c26-16-7-9-17(10-8-16)27-12-4-11-25-20(22(30)28(13-5-14-29)21(25)23(27)31)19-18(34-25)6-2-1-3-15-33-24(19)32/h2,4,6-11,18-21,29H,1,3,5,12-15H2/b6-2-/t18-,19+,20-,21?,25-/m0/s1. The Morgan fingerprint density at radius 3 is 2.68 bits per heavy atom. The number of esters is 1. The number of allylic oxidation sites excluding steroid dienone is 1. The van der Waals surface area contributed by atoms with Crippen molar-refractivity contribution in [3.05, 3.63) is 53.6 Å². The number of fused-ring (bicyclic) bond motifs is 2. The van der Waals surface area contributed by atoms with E-state index in [1.54, 1.807) is 35.2 Å². The molecule has 1 aromatic rings. The van der Waals surface area contributed by atoms with Crippen LogP contribution in [0.2, 0.25) is 5.02 Å². The van der Waals surface area contributed by atoms with Crippen molar-refractivity contribution >= 4 is 35.1 Å². The third kappa shape index (κ3) is 3.65. The molecule has 1 N–H and O–H groups in total. The smallest absolute Gasteiger partial charge is 0.312 e. The molecule has 2 amide bonds. The van der Waals surface area contributed by atoms with Crippen molar-refractivity contribution < 1.29 is 29.0 Å². The van der Waals surface area contributed by atoms with Gasteiger partial charge in [0.05, 0.1) is 18.6 Å². The summed E-state index contributed by atoms with van der Waals surface area (Å²) in [5.74, 6) is -2.84. The number of benzene rings is 1. The molecule has 34 heavy (non-hydrogen) atoms. The van der Waals surface area contributed by atoms with Crippen LogP contribution in [0.4, 0.5) is 5.69 Å². The fourth-order valence-corrected chi connectivity index (χ4v) is 5.71. The molecule has 180 valence electrons. The van der Waals surface area contributed by atoms with E-state index in [9.17, 15) is 19.5 Å². The summed E-state index contributed by atoms with van der Waals surface area (Å²) in [7, 11) is 0. The maximum atomic E-state index is 14.0. The predicted molar refractivity (Wildman–Crippen MR) is 124 cm³/mol. The molecule has 4 aliphatic rings. The maximum absolute atomic E-state index is 14.0. The van der Waals surface area contributed by atoms with Crippen LogP contribution in [0.3, 0.4) is 0 Å². The van der Waals surface area contributed by atoms with Crippen LogP contribution in [0.15, 0.2) is 48.6 Å². The average molecular weight is 487 g/mol. The first-order valence-corrected chi connectivity index (χ1v) is 12.0. The summed E-state index contributed by atoms with van der Waals surface area (Å²) >= 11 is 6.04. The van der Waals surface area contributed by atoms with E-state index in [0.29, 0.717) is 23.6 Å². The third-order valence-electron chi connectivity index (χ3n) is 7.05. The van der Waals surface area contributed by atoms with E-state index in [2.05, 4.69) is 0 Å². The topological polar surface area (TPSA) is 96.4 Å². The molecule has 9 heteroatoms. The minimum atomic E-state index is -1.30. The number of aliphatic hydroxyl groups excluding tert-OH is 1. The number of carbonyl (C=O) groups excluding carboxylic acids is 3. The quantitative estimate of drug-likeness (QED) is 0.517. The molecule has 1 aromatic carbocycles. The van der Waals surface area contributed by atoms with Crippen molar-refractivity contribution in [1.29, 1.82) is 0 Å². The Morgan fingerprint density at radius 1 is 1.12 bits per heavy atom. The van der Waals surface area contributed by atoms with E-state index in [0.717, 1.165) is 6.42 Å². The zero-order valence-electron chi connectivity index (χ0n) is 18.6. The third-order valence-corrected chi connectivity index (χ3v) is 7.30. The second-order valence-electron chi connectivity index (χ2n) is 9.02. The highest BCUT2D eigenvalue weighted by Crippen LogP contribution is 2.53. The van der Waals surface area contributed by atoms with Gasteiger partial charge in [-0.05, 0) is 43.5 Å². The van der Waals surface area contributed by atoms with E-state index < -0.39 is 35.6 Å². The summed E-state index contributed by atoms with van der Waals surface area (Å²) in [5.41, 5.74) is -0.656. The number of likely N-dealkylation sites (tertiary alicyclic amines) is 1. The Kier molecular flexibility index (Phi) is 6.22. The molecule has 0 aromatic heterocycles. The number of rotatable bonds is 4. The summed E-state index contributed by atoms with van der Waals surface area (Å²) in [6, 6.07) is 5.95. The fraction of sp³-hybridized carbons (Fsp3) is 0.480. The first-order valence-electron chi connectivity index (χ1n) is 11.6. The molecule has 5 atom stereocenters. The molecule has 5 rings (SSSR count). The second-order valence-corrected chi connectivity index (χ2v) is 9.45. The van der Waals surface area contributed by atoms with Gasteiger partial charge in [0.15, 0.2) is 0 Å². The van der Waals surface area contributed by atoms with E-state index in [-0.39, 0.29) is 38.1 Å². The van der Waals surface area contributed by atoms with Crippen molar-refractivity contribution in [2.75, 3.05) is 31.2 Å². The predicted octanol–water partition coefficient (Wildman–Crippen LogP) is 2.10. The maximum Gasteiger partial charge on any atom is 0.312 e. The lowest BCUT2D eigenvalue weighted by atomic mass is 9.78. The Hall–Kier alpha value is -2.68. The van der Waals surface area contributed by atoms with Gasteiger partial charge in [-0.15, -0.1) is 0 Å². The van der Waals surface area contributed by atoms with Crippen molar-refractivity contribution in [3.8, 4) is 0 Å². The largest absolute Gasteiger partial charge is 0.465 e. The van der Waals surface area contributed by atoms with Gasteiger partial charge < -0.3 is 24.4 Å². The van der Waals surface area contributed by atoms with Crippen molar-refractivity contribution in [1.82, 2.24) is 4.90 Å². The molecule has 1 unspecified atom stereocenters. The van der Waals surface area contributed by atoms with Crippen LogP contribution in [0.25, 0.3) is 0 Å². The van der Waals surface area contributed by atoms with E-state index in [4.69, 9.17) is 21.1 Å². The normalized spacial score (nSPS) is 33.9. The molecule has 2 saturated heterocycles. The van der Waals surface area contributed by atoms with Gasteiger partial charge in [-0.2, -0.15) is 0 Å². The number of anilines is 1. The average Bonchev–Trinajstić information content (AvgIpc) is 3.23. The molecule has 0 radical (unpaired) electrons. The van der Waals surface area contributed by atoms with Crippen LogP contribution in [0.1, 0.15) is 19.3 Å². The molecule has 4 aliphatic heterocycles. The monoisotopic (exact) mass is 486 g/mol. The number of halogens is 1. The first kappa shape index (κ1) is 23.1. The molecular formula is C25H27ClN2O6. The number of amides is 2. The molecule has 0 bridgehead atoms. The summed E-state index contributed by atoms with van der Waals surface area (Å²) in [6.45, 7) is 0.609. The van der Waals surface area contributed by atoms with Crippen LogP contribution in [-0.2, 0) is 23.9 Å². The minimum absolute atomic E-state index is 0.128. The highest BCUT2D eigenvalue weighted by Gasteiger charge is 2.71. The molecular weight excluding hydrogens is 460 g/mol. The van der Waals surface area contributed by atoms with E-state index >= 15 is 0 Å².